The zero-order valence-electron chi connectivity index (χ0n) is 17.3. The van der Waals surface area contributed by atoms with Crippen LogP contribution in [0.2, 0.25) is 0 Å². The van der Waals surface area contributed by atoms with Gasteiger partial charge in [-0.2, -0.15) is 0 Å². The van der Waals surface area contributed by atoms with Crippen LogP contribution in [0.5, 0.6) is 5.75 Å². The highest BCUT2D eigenvalue weighted by Crippen LogP contribution is 2.30. The van der Waals surface area contributed by atoms with E-state index in [1.165, 1.54) is 11.3 Å². The Balaban J connectivity index is 1.31. The van der Waals surface area contributed by atoms with E-state index < -0.39 is 0 Å². The van der Waals surface area contributed by atoms with Gasteiger partial charge in [0.15, 0.2) is 0 Å². The van der Waals surface area contributed by atoms with E-state index in [4.69, 9.17) is 4.74 Å². The molecule has 0 saturated carbocycles. The van der Waals surface area contributed by atoms with Crippen molar-refractivity contribution in [3.8, 4) is 5.75 Å². The van der Waals surface area contributed by atoms with Crippen molar-refractivity contribution in [2.24, 2.45) is 5.92 Å². The minimum atomic E-state index is 0.110. The molecule has 5 heteroatoms. The fraction of sp³-hybridized carbons (Fsp3) is 0.458. The predicted octanol–water partition coefficient (Wildman–Crippen LogP) is 3.48. The van der Waals surface area contributed by atoms with Crippen molar-refractivity contribution in [1.82, 2.24) is 5.32 Å². The summed E-state index contributed by atoms with van der Waals surface area (Å²) in [6.45, 7) is 4.15. The lowest BCUT2D eigenvalue weighted by Crippen LogP contribution is -2.40. The van der Waals surface area contributed by atoms with E-state index in [1.807, 2.05) is 12.1 Å². The summed E-state index contributed by atoms with van der Waals surface area (Å²) in [5.74, 6) is 1.47. The number of fused-ring (bicyclic) bond motifs is 1. The molecule has 1 amide bonds. The quantitative estimate of drug-likeness (QED) is 0.816. The van der Waals surface area contributed by atoms with Crippen LogP contribution in [0.1, 0.15) is 24.8 Å². The van der Waals surface area contributed by atoms with Gasteiger partial charge in [-0.05, 0) is 55.4 Å². The number of aryl methyl sites for hydroxylation is 1. The van der Waals surface area contributed by atoms with Crippen molar-refractivity contribution in [1.29, 1.82) is 0 Å². The number of ether oxygens (including phenoxy) is 1. The van der Waals surface area contributed by atoms with Crippen LogP contribution in [0.3, 0.4) is 0 Å². The average molecular weight is 394 g/mol. The second kappa shape index (κ2) is 9.21. The summed E-state index contributed by atoms with van der Waals surface area (Å²) in [4.78, 5) is 17.3. The Kier molecular flexibility index (Phi) is 6.23. The Morgan fingerprint density at radius 3 is 2.83 bits per heavy atom. The Bertz CT molecular complexity index is 824. The Labute approximate surface area is 173 Å². The normalized spacial score (nSPS) is 18.9. The van der Waals surface area contributed by atoms with Gasteiger partial charge in [0, 0.05) is 43.6 Å². The van der Waals surface area contributed by atoms with Gasteiger partial charge < -0.3 is 19.9 Å². The summed E-state index contributed by atoms with van der Waals surface area (Å²) in [5, 5.41) is 3.19. The summed E-state index contributed by atoms with van der Waals surface area (Å²) in [6.07, 6.45) is 4.46. The van der Waals surface area contributed by atoms with Gasteiger partial charge in [0.2, 0.25) is 5.91 Å². The highest BCUT2D eigenvalue weighted by atomic mass is 16.5. The van der Waals surface area contributed by atoms with Crippen LogP contribution in [-0.2, 0) is 11.2 Å². The number of rotatable bonds is 6. The van der Waals surface area contributed by atoms with Crippen molar-refractivity contribution in [3.63, 3.8) is 0 Å². The third kappa shape index (κ3) is 4.84. The van der Waals surface area contributed by atoms with Crippen LogP contribution in [0, 0.1) is 5.92 Å². The molecule has 2 aliphatic heterocycles. The number of hydrogen-bond acceptors (Lipinski definition) is 4. The molecule has 154 valence electrons. The maximum atomic E-state index is 12.7. The maximum Gasteiger partial charge on any atom is 0.239 e. The van der Waals surface area contributed by atoms with Crippen LogP contribution in [-0.4, -0.2) is 45.7 Å². The number of nitrogens with one attached hydrogen (secondary N) is 1. The number of benzene rings is 2. The number of anilines is 2. The predicted molar refractivity (Wildman–Crippen MR) is 118 cm³/mol. The van der Waals surface area contributed by atoms with Crippen molar-refractivity contribution >= 4 is 17.3 Å². The van der Waals surface area contributed by atoms with E-state index in [9.17, 15) is 4.79 Å². The van der Waals surface area contributed by atoms with Crippen LogP contribution >= 0.6 is 0 Å². The summed E-state index contributed by atoms with van der Waals surface area (Å²) in [5.41, 5.74) is 3.73. The summed E-state index contributed by atoms with van der Waals surface area (Å²) < 4.78 is 5.40. The molecular weight excluding hydrogens is 362 g/mol. The largest absolute Gasteiger partial charge is 0.497 e. The summed E-state index contributed by atoms with van der Waals surface area (Å²) in [6, 6.07) is 16.8. The standard InChI is InChI=1S/C24H31N3O2/c1-29-22-11-10-20-7-5-6-13-27(23(20)15-22)18-24(28)25-16-19-12-14-26(17-19)21-8-3-2-4-9-21/h2-4,8-11,15,19H,5-7,12-14,16-18H2,1H3,(H,25,28). The molecule has 1 atom stereocenters. The topological polar surface area (TPSA) is 44.8 Å². The van der Waals surface area contributed by atoms with Crippen LogP contribution in [0.4, 0.5) is 11.4 Å². The first-order chi connectivity index (χ1) is 14.2. The lowest BCUT2D eigenvalue weighted by Gasteiger charge is -2.25. The second-order valence-corrected chi connectivity index (χ2v) is 8.11. The molecule has 29 heavy (non-hydrogen) atoms. The van der Waals surface area contributed by atoms with E-state index in [0.29, 0.717) is 12.5 Å². The van der Waals surface area contributed by atoms with Gasteiger partial charge in [0.25, 0.3) is 0 Å². The van der Waals surface area contributed by atoms with Gasteiger partial charge in [0.1, 0.15) is 5.75 Å². The average Bonchev–Trinajstić information content (AvgIpc) is 3.15. The van der Waals surface area contributed by atoms with Crippen LogP contribution < -0.4 is 19.9 Å². The van der Waals surface area contributed by atoms with Gasteiger partial charge in [-0.15, -0.1) is 0 Å². The molecule has 0 radical (unpaired) electrons. The molecule has 2 aliphatic rings. The highest BCUT2D eigenvalue weighted by Gasteiger charge is 2.24. The van der Waals surface area contributed by atoms with E-state index in [0.717, 1.165) is 63.3 Å². The van der Waals surface area contributed by atoms with Gasteiger partial charge in [-0.25, -0.2) is 0 Å². The Hall–Kier alpha value is -2.69. The lowest BCUT2D eigenvalue weighted by atomic mass is 10.1. The first-order valence-corrected chi connectivity index (χ1v) is 10.7. The second-order valence-electron chi connectivity index (χ2n) is 8.11. The summed E-state index contributed by atoms with van der Waals surface area (Å²) in [7, 11) is 1.69. The molecule has 0 spiro atoms. The molecule has 2 heterocycles. The highest BCUT2D eigenvalue weighted by molar-refractivity contribution is 5.82. The van der Waals surface area contributed by atoms with E-state index in [1.54, 1.807) is 7.11 Å². The van der Waals surface area contributed by atoms with Crippen molar-refractivity contribution in [2.75, 3.05) is 49.6 Å². The first-order valence-electron chi connectivity index (χ1n) is 10.7. The lowest BCUT2D eigenvalue weighted by molar-refractivity contribution is -0.119. The molecule has 1 unspecified atom stereocenters. The molecule has 4 rings (SSSR count). The summed E-state index contributed by atoms with van der Waals surface area (Å²) >= 11 is 0. The fourth-order valence-electron chi connectivity index (χ4n) is 4.44. The number of amides is 1. The molecule has 1 N–H and O–H groups in total. The van der Waals surface area contributed by atoms with Crippen molar-refractivity contribution in [2.45, 2.75) is 25.7 Å². The fourth-order valence-corrected chi connectivity index (χ4v) is 4.44. The Morgan fingerprint density at radius 1 is 1.14 bits per heavy atom. The first kappa shape index (κ1) is 19.6. The van der Waals surface area contributed by atoms with Gasteiger partial charge in [-0.1, -0.05) is 24.3 Å². The minimum Gasteiger partial charge on any atom is -0.497 e. The number of hydrogen-bond donors (Lipinski definition) is 1. The van der Waals surface area contributed by atoms with Gasteiger partial charge in [0.05, 0.1) is 13.7 Å². The monoisotopic (exact) mass is 393 g/mol. The zero-order chi connectivity index (χ0) is 20.1. The minimum absolute atomic E-state index is 0.110. The Morgan fingerprint density at radius 2 is 2.00 bits per heavy atom. The molecular formula is C24H31N3O2. The molecule has 0 aliphatic carbocycles. The molecule has 1 fully saturated rings. The number of carbonyl (C=O) groups excluding carboxylic acids is 1. The number of nitrogens with zero attached hydrogens (tertiary/aromatic N) is 2. The molecule has 0 aromatic heterocycles. The van der Waals surface area contributed by atoms with Gasteiger partial charge in [-0.3, -0.25) is 4.79 Å². The molecule has 2 aromatic carbocycles. The molecule has 1 saturated heterocycles. The molecule has 2 aromatic rings. The van der Waals surface area contributed by atoms with E-state index in [2.05, 4.69) is 51.5 Å². The SMILES string of the molecule is COc1ccc2c(c1)N(CC(=O)NCC1CCN(c3ccccc3)C1)CCCC2. The van der Waals surface area contributed by atoms with Crippen molar-refractivity contribution < 1.29 is 9.53 Å². The smallest absolute Gasteiger partial charge is 0.239 e. The third-order valence-electron chi connectivity index (χ3n) is 6.09. The maximum absolute atomic E-state index is 12.7. The molecule has 5 nitrogen and oxygen atoms in total. The molecule has 0 bridgehead atoms. The van der Waals surface area contributed by atoms with Crippen LogP contribution in [0.15, 0.2) is 48.5 Å². The van der Waals surface area contributed by atoms with Gasteiger partial charge >= 0.3 is 0 Å². The van der Waals surface area contributed by atoms with E-state index >= 15 is 0 Å². The number of carbonyl (C=O) groups is 1. The number of methoxy groups -OCH3 is 1. The number of para-hydroxylation sites is 1. The third-order valence-corrected chi connectivity index (χ3v) is 6.09. The van der Waals surface area contributed by atoms with Crippen molar-refractivity contribution in [3.05, 3.63) is 54.1 Å². The van der Waals surface area contributed by atoms with Crippen LogP contribution in [0.25, 0.3) is 0 Å². The zero-order valence-corrected chi connectivity index (χ0v) is 17.3. The van der Waals surface area contributed by atoms with E-state index in [-0.39, 0.29) is 5.91 Å².